The lowest BCUT2D eigenvalue weighted by molar-refractivity contribution is -0.139. The Bertz CT molecular complexity index is 580. The summed E-state index contributed by atoms with van der Waals surface area (Å²) in [6, 6.07) is 10.1. The predicted molar refractivity (Wildman–Crippen MR) is 81.4 cm³/mol. The summed E-state index contributed by atoms with van der Waals surface area (Å²) in [5.74, 6) is -0.800. The molecule has 0 bridgehead atoms. The van der Waals surface area contributed by atoms with Crippen molar-refractivity contribution in [1.82, 2.24) is 14.7 Å². The Labute approximate surface area is 124 Å². The number of para-hydroxylation sites is 1. The molecule has 0 saturated heterocycles. The summed E-state index contributed by atoms with van der Waals surface area (Å²) in [6.45, 7) is 4.75. The maximum absolute atomic E-state index is 11.0. The van der Waals surface area contributed by atoms with Gasteiger partial charge in [-0.1, -0.05) is 25.1 Å². The van der Waals surface area contributed by atoms with Crippen LogP contribution >= 0.6 is 0 Å². The van der Waals surface area contributed by atoms with Gasteiger partial charge in [-0.3, -0.25) is 9.69 Å². The Hall–Kier alpha value is -2.14. The quantitative estimate of drug-likeness (QED) is 0.850. The van der Waals surface area contributed by atoms with Gasteiger partial charge in [0.1, 0.15) is 0 Å². The zero-order valence-electron chi connectivity index (χ0n) is 12.4. The Kier molecular flexibility index (Phi) is 5.11. The molecule has 1 heterocycles. The Morgan fingerprint density at radius 2 is 2.10 bits per heavy atom. The highest BCUT2D eigenvalue weighted by Gasteiger charge is 2.16. The van der Waals surface area contributed by atoms with Crippen LogP contribution in [0.4, 0.5) is 0 Å². The first-order valence-corrected chi connectivity index (χ1v) is 7.15. The molecule has 0 radical (unpaired) electrons. The van der Waals surface area contributed by atoms with Crippen LogP contribution in [0.25, 0.3) is 5.69 Å². The minimum absolute atomic E-state index is 0.0471. The van der Waals surface area contributed by atoms with E-state index in [1.165, 1.54) is 0 Å². The SMILES string of the molecule is CCC(C)N(CC(=O)O)Cc1cnn(-c2ccccc2)c1. The molecule has 1 aromatic carbocycles. The van der Waals surface area contributed by atoms with Crippen LogP contribution in [0.5, 0.6) is 0 Å². The van der Waals surface area contributed by atoms with E-state index >= 15 is 0 Å². The molecule has 21 heavy (non-hydrogen) atoms. The fraction of sp³-hybridized carbons (Fsp3) is 0.375. The molecule has 2 aromatic rings. The van der Waals surface area contributed by atoms with Crippen molar-refractivity contribution in [3.05, 3.63) is 48.3 Å². The molecule has 0 amide bonds. The molecule has 1 aromatic heterocycles. The van der Waals surface area contributed by atoms with E-state index < -0.39 is 5.97 Å². The molecule has 5 heteroatoms. The maximum atomic E-state index is 11.0. The summed E-state index contributed by atoms with van der Waals surface area (Å²) >= 11 is 0. The molecule has 0 fully saturated rings. The van der Waals surface area contributed by atoms with Crippen LogP contribution in [0.15, 0.2) is 42.7 Å². The smallest absolute Gasteiger partial charge is 0.317 e. The molecule has 1 atom stereocenters. The van der Waals surface area contributed by atoms with E-state index in [1.54, 1.807) is 6.20 Å². The predicted octanol–water partition coefficient (Wildman–Crippen LogP) is 2.56. The van der Waals surface area contributed by atoms with Crippen molar-refractivity contribution >= 4 is 5.97 Å². The lowest BCUT2D eigenvalue weighted by atomic mass is 10.2. The zero-order valence-corrected chi connectivity index (χ0v) is 12.4. The summed E-state index contributed by atoms with van der Waals surface area (Å²) in [6.07, 6.45) is 4.66. The fourth-order valence-electron chi connectivity index (χ4n) is 2.20. The van der Waals surface area contributed by atoms with Crippen LogP contribution in [0.2, 0.25) is 0 Å². The van der Waals surface area contributed by atoms with E-state index in [-0.39, 0.29) is 12.6 Å². The molecule has 0 aliphatic heterocycles. The number of aliphatic carboxylic acids is 1. The lowest BCUT2D eigenvalue weighted by Crippen LogP contribution is -2.36. The monoisotopic (exact) mass is 287 g/mol. The van der Waals surface area contributed by atoms with Crippen LogP contribution < -0.4 is 0 Å². The minimum Gasteiger partial charge on any atom is -0.480 e. The first kappa shape index (κ1) is 15.3. The van der Waals surface area contributed by atoms with Gasteiger partial charge in [-0.15, -0.1) is 0 Å². The van der Waals surface area contributed by atoms with Crippen LogP contribution in [0.1, 0.15) is 25.8 Å². The molecular formula is C16H21N3O2. The van der Waals surface area contributed by atoms with Gasteiger partial charge in [0, 0.05) is 24.3 Å². The molecular weight excluding hydrogens is 266 g/mol. The molecule has 1 unspecified atom stereocenters. The first-order valence-electron chi connectivity index (χ1n) is 7.15. The number of benzene rings is 1. The van der Waals surface area contributed by atoms with Gasteiger partial charge in [-0.05, 0) is 25.5 Å². The van der Waals surface area contributed by atoms with E-state index in [0.29, 0.717) is 6.54 Å². The van der Waals surface area contributed by atoms with Gasteiger partial charge >= 0.3 is 5.97 Å². The zero-order chi connectivity index (χ0) is 15.2. The fourth-order valence-corrected chi connectivity index (χ4v) is 2.20. The van der Waals surface area contributed by atoms with Gasteiger partial charge in [0.25, 0.3) is 0 Å². The van der Waals surface area contributed by atoms with Crippen LogP contribution in [0, 0.1) is 0 Å². The maximum Gasteiger partial charge on any atom is 0.317 e. The number of hydrogen-bond acceptors (Lipinski definition) is 3. The lowest BCUT2D eigenvalue weighted by Gasteiger charge is -2.25. The average Bonchev–Trinajstić information content (AvgIpc) is 2.95. The summed E-state index contributed by atoms with van der Waals surface area (Å²) in [7, 11) is 0. The van der Waals surface area contributed by atoms with Gasteiger partial charge in [0.15, 0.2) is 0 Å². The summed E-state index contributed by atoms with van der Waals surface area (Å²) < 4.78 is 1.81. The van der Waals surface area contributed by atoms with Crippen molar-refractivity contribution in [2.45, 2.75) is 32.9 Å². The van der Waals surface area contributed by atoms with E-state index in [0.717, 1.165) is 17.7 Å². The Morgan fingerprint density at radius 1 is 1.38 bits per heavy atom. The molecule has 2 rings (SSSR count). The van der Waals surface area contributed by atoms with Gasteiger partial charge < -0.3 is 5.11 Å². The molecule has 0 aliphatic carbocycles. The van der Waals surface area contributed by atoms with Crippen LogP contribution in [-0.2, 0) is 11.3 Å². The Balaban J connectivity index is 2.11. The minimum atomic E-state index is -0.800. The van der Waals surface area contributed by atoms with Crippen LogP contribution in [0.3, 0.4) is 0 Å². The van der Waals surface area contributed by atoms with E-state index in [9.17, 15) is 4.79 Å². The number of nitrogens with zero attached hydrogens (tertiary/aromatic N) is 3. The second kappa shape index (κ2) is 7.04. The largest absolute Gasteiger partial charge is 0.480 e. The number of carboxylic acid groups (broad SMARTS) is 1. The van der Waals surface area contributed by atoms with Gasteiger partial charge in [0.2, 0.25) is 0 Å². The second-order valence-corrected chi connectivity index (χ2v) is 5.18. The topological polar surface area (TPSA) is 58.4 Å². The number of hydrogen-bond donors (Lipinski definition) is 1. The van der Waals surface area contributed by atoms with Crippen molar-refractivity contribution in [2.24, 2.45) is 0 Å². The highest BCUT2D eigenvalue weighted by Crippen LogP contribution is 2.12. The number of carboxylic acids is 1. The summed E-state index contributed by atoms with van der Waals surface area (Å²) in [5.41, 5.74) is 2.01. The standard InChI is InChI=1S/C16H21N3O2/c1-3-13(2)18(12-16(20)21)10-14-9-17-19(11-14)15-7-5-4-6-8-15/h4-9,11,13H,3,10,12H2,1-2H3,(H,20,21). The third-order valence-electron chi connectivity index (χ3n) is 3.59. The molecule has 1 N–H and O–H groups in total. The van der Waals surface area contributed by atoms with Crippen molar-refractivity contribution in [1.29, 1.82) is 0 Å². The molecule has 0 saturated carbocycles. The molecule has 112 valence electrons. The van der Waals surface area contributed by atoms with E-state index in [2.05, 4.69) is 12.0 Å². The highest BCUT2D eigenvalue weighted by atomic mass is 16.4. The van der Waals surface area contributed by atoms with E-state index in [4.69, 9.17) is 5.11 Å². The molecule has 0 aliphatic rings. The van der Waals surface area contributed by atoms with Gasteiger partial charge in [0.05, 0.1) is 18.4 Å². The van der Waals surface area contributed by atoms with Crippen molar-refractivity contribution in [2.75, 3.05) is 6.54 Å². The van der Waals surface area contributed by atoms with Gasteiger partial charge in [-0.25, -0.2) is 4.68 Å². The Morgan fingerprint density at radius 3 is 2.71 bits per heavy atom. The van der Waals surface area contributed by atoms with Crippen LogP contribution in [-0.4, -0.2) is 38.3 Å². The van der Waals surface area contributed by atoms with Gasteiger partial charge in [-0.2, -0.15) is 5.10 Å². The number of carbonyl (C=O) groups is 1. The third kappa shape index (κ3) is 4.16. The molecule has 0 spiro atoms. The van der Waals surface area contributed by atoms with Crippen molar-refractivity contribution in [3.8, 4) is 5.69 Å². The van der Waals surface area contributed by atoms with Crippen molar-refractivity contribution in [3.63, 3.8) is 0 Å². The van der Waals surface area contributed by atoms with E-state index in [1.807, 2.05) is 53.0 Å². The first-order chi connectivity index (χ1) is 10.1. The average molecular weight is 287 g/mol. The second-order valence-electron chi connectivity index (χ2n) is 5.18. The highest BCUT2D eigenvalue weighted by molar-refractivity contribution is 5.69. The number of rotatable bonds is 7. The third-order valence-corrected chi connectivity index (χ3v) is 3.59. The summed E-state index contributed by atoms with van der Waals surface area (Å²) in [5, 5.41) is 13.4. The molecule has 5 nitrogen and oxygen atoms in total. The summed E-state index contributed by atoms with van der Waals surface area (Å²) in [4.78, 5) is 12.9. The van der Waals surface area contributed by atoms with Crippen molar-refractivity contribution < 1.29 is 9.90 Å². The normalized spacial score (nSPS) is 12.5. The number of aromatic nitrogens is 2.